The normalized spacial score (nSPS) is 11.2. The molecular formula is C16H24N2O3. The number of aryl methyl sites for hydroxylation is 1. The summed E-state index contributed by atoms with van der Waals surface area (Å²) in [6.07, 6.45) is 0. The molecule has 0 aliphatic rings. The molecule has 0 heterocycles. The van der Waals surface area contributed by atoms with Gasteiger partial charge >= 0.3 is 0 Å². The predicted molar refractivity (Wildman–Crippen MR) is 83.3 cm³/mol. The first-order valence-electron chi connectivity index (χ1n) is 7.27. The van der Waals surface area contributed by atoms with Crippen molar-refractivity contribution < 1.29 is 9.72 Å². The SMILES string of the molecule is Cc1ccc([N+](=O)[O-])c(C(=O)NCC(C(C)C)C(C)C)c1. The fourth-order valence-electron chi connectivity index (χ4n) is 2.54. The number of nitro benzene ring substituents is 1. The summed E-state index contributed by atoms with van der Waals surface area (Å²) in [5, 5.41) is 13.9. The molecule has 0 fully saturated rings. The lowest BCUT2D eigenvalue weighted by Crippen LogP contribution is -2.34. The van der Waals surface area contributed by atoms with Gasteiger partial charge in [0, 0.05) is 12.6 Å². The molecule has 21 heavy (non-hydrogen) atoms. The lowest BCUT2D eigenvalue weighted by Gasteiger charge is -2.25. The smallest absolute Gasteiger partial charge is 0.282 e. The number of amides is 1. The molecule has 1 N–H and O–H groups in total. The topological polar surface area (TPSA) is 72.2 Å². The molecule has 0 aromatic heterocycles. The quantitative estimate of drug-likeness (QED) is 0.643. The van der Waals surface area contributed by atoms with Crippen LogP contribution >= 0.6 is 0 Å². The Morgan fingerprint density at radius 3 is 2.29 bits per heavy atom. The van der Waals surface area contributed by atoms with Gasteiger partial charge in [0.05, 0.1) is 4.92 Å². The lowest BCUT2D eigenvalue weighted by atomic mass is 9.85. The van der Waals surface area contributed by atoms with E-state index < -0.39 is 4.92 Å². The Kier molecular flexibility index (Phi) is 5.88. The second-order valence-corrected chi connectivity index (χ2v) is 6.14. The Morgan fingerprint density at radius 2 is 1.81 bits per heavy atom. The van der Waals surface area contributed by atoms with Crippen LogP contribution in [0.3, 0.4) is 0 Å². The summed E-state index contributed by atoms with van der Waals surface area (Å²) in [7, 11) is 0. The van der Waals surface area contributed by atoms with Gasteiger partial charge in [-0.05, 0) is 36.3 Å². The maximum Gasteiger partial charge on any atom is 0.282 e. The maximum absolute atomic E-state index is 12.3. The Balaban J connectivity index is 2.89. The van der Waals surface area contributed by atoms with E-state index in [9.17, 15) is 14.9 Å². The zero-order chi connectivity index (χ0) is 16.2. The zero-order valence-corrected chi connectivity index (χ0v) is 13.3. The molecule has 1 aromatic rings. The van der Waals surface area contributed by atoms with E-state index >= 15 is 0 Å². The Hall–Kier alpha value is -1.91. The van der Waals surface area contributed by atoms with Crippen LogP contribution in [-0.2, 0) is 0 Å². The summed E-state index contributed by atoms with van der Waals surface area (Å²) < 4.78 is 0. The highest BCUT2D eigenvalue weighted by molar-refractivity contribution is 5.98. The third-order valence-corrected chi connectivity index (χ3v) is 3.80. The van der Waals surface area contributed by atoms with Crippen LogP contribution in [0.2, 0.25) is 0 Å². The van der Waals surface area contributed by atoms with Crippen molar-refractivity contribution >= 4 is 11.6 Å². The number of hydrogen-bond donors (Lipinski definition) is 1. The molecule has 0 radical (unpaired) electrons. The number of nitrogens with one attached hydrogen (secondary N) is 1. The van der Waals surface area contributed by atoms with Crippen LogP contribution in [-0.4, -0.2) is 17.4 Å². The van der Waals surface area contributed by atoms with E-state index in [0.717, 1.165) is 5.56 Å². The van der Waals surface area contributed by atoms with E-state index in [1.165, 1.54) is 6.07 Å². The number of nitro groups is 1. The highest BCUT2D eigenvalue weighted by Crippen LogP contribution is 2.22. The Bertz CT molecular complexity index is 516. The third-order valence-electron chi connectivity index (χ3n) is 3.80. The average molecular weight is 292 g/mol. The first-order valence-corrected chi connectivity index (χ1v) is 7.27. The molecule has 0 saturated carbocycles. The van der Waals surface area contributed by atoms with Crippen molar-refractivity contribution in [2.24, 2.45) is 17.8 Å². The third kappa shape index (κ3) is 4.55. The van der Waals surface area contributed by atoms with E-state index in [-0.39, 0.29) is 17.2 Å². The van der Waals surface area contributed by atoms with E-state index in [0.29, 0.717) is 24.3 Å². The summed E-state index contributed by atoms with van der Waals surface area (Å²) in [6.45, 7) is 10.8. The van der Waals surface area contributed by atoms with Gasteiger partial charge in [-0.1, -0.05) is 33.8 Å². The zero-order valence-electron chi connectivity index (χ0n) is 13.3. The van der Waals surface area contributed by atoms with Crippen molar-refractivity contribution in [2.45, 2.75) is 34.6 Å². The molecule has 5 heteroatoms. The van der Waals surface area contributed by atoms with E-state index in [4.69, 9.17) is 0 Å². The van der Waals surface area contributed by atoms with Gasteiger partial charge in [-0.25, -0.2) is 0 Å². The summed E-state index contributed by atoms with van der Waals surface area (Å²) in [6, 6.07) is 4.58. The van der Waals surface area contributed by atoms with E-state index in [2.05, 4.69) is 33.0 Å². The second-order valence-electron chi connectivity index (χ2n) is 6.14. The summed E-state index contributed by atoms with van der Waals surface area (Å²) in [4.78, 5) is 22.8. The molecule has 0 atom stereocenters. The Morgan fingerprint density at radius 1 is 1.24 bits per heavy atom. The van der Waals surface area contributed by atoms with Gasteiger partial charge in [0.15, 0.2) is 0 Å². The molecule has 0 bridgehead atoms. The van der Waals surface area contributed by atoms with Crippen LogP contribution < -0.4 is 5.32 Å². The van der Waals surface area contributed by atoms with Crippen molar-refractivity contribution in [1.82, 2.24) is 5.32 Å². The Labute approximate surface area is 125 Å². The van der Waals surface area contributed by atoms with Crippen LogP contribution in [0, 0.1) is 34.8 Å². The van der Waals surface area contributed by atoms with Crippen molar-refractivity contribution in [2.75, 3.05) is 6.54 Å². The minimum atomic E-state index is -0.517. The molecule has 116 valence electrons. The number of rotatable bonds is 6. The monoisotopic (exact) mass is 292 g/mol. The molecule has 0 spiro atoms. The second kappa shape index (κ2) is 7.20. The van der Waals surface area contributed by atoms with Crippen molar-refractivity contribution in [3.05, 3.63) is 39.4 Å². The molecular weight excluding hydrogens is 268 g/mol. The van der Waals surface area contributed by atoms with Crippen LogP contribution in [0.25, 0.3) is 0 Å². The molecule has 0 saturated heterocycles. The van der Waals surface area contributed by atoms with Gasteiger partial charge in [-0.2, -0.15) is 0 Å². The van der Waals surface area contributed by atoms with Gasteiger partial charge < -0.3 is 5.32 Å². The van der Waals surface area contributed by atoms with Gasteiger partial charge in [-0.15, -0.1) is 0 Å². The summed E-state index contributed by atoms with van der Waals surface area (Å²) in [5.74, 6) is 0.852. The molecule has 0 aliphatic carbocycles. The predicted octanol–water partition coefficient (Wildman–Crippen LogP) is 3.56. The number of benzene rings is 1. The fraction of sp³-hybridized carbons (Fsp3) is 0.562. The highest BCUT2D eigenvalue weighted by atomic mass is 16.6. The molecule has 1 aromatic carbocycles. The number of nitrogens with zero attached hydrogens (tertiary/aromatic N) is 1. The highest BCUT2D eigenvalue weighted by Gasteiger charge is 2.22. The number of carbonyl (C=O) groups is 1. The molecule has 0 aliphatic heterocycles. The minimum Gasteiger partial charge on any atom is -0.352 e. The lowest BCUT2D eigenvalue weighted by molar-refractivity contribution is -0.385. The van der Waals surface area contributed by atoms with Crippen LogP contribution in [0.4, 0.5) is 5.69 Å². The maximum atomic E-state index is 12.3. The van der Waals surface area contributed by atoms with Crippen LogP contribution in [0.15, 0.2) is 18.2 Å². The molecule has 1 amide bonds. The van der Waals surface area contributed by atoms with Crippen LogP contribution in [0.5, 0.6) is 0 Å². The molecule has 1 rings (SSSR count). The number of hydrogen-bond acceptors (Lipinski definition) is 3. The first-order chi connectivity index (χ1) is 9.73. The van der Waals surface area contributed by atoms with Crippen molar-refractivity contribution in [1.29, 1.82) is 0 Å². The number of carbonyl (C=O) groups excluding carboxylic acids is 1. The first kappa shape index (κ1) is 17.1. The van der Waals surface area contributed by atoms with Gasteiger partial charge in [0.1, 0.15) is 5.56 Å². The van der Waals surface area contributed by atoms with E-state index in [1.807, 2.05) is 6.92 Å². The van der Waals surface area contributed by atoms with E-state index in [1.54, 1.807) is 12.1 Å². The summed E-state index contributed by atoms with van der Waals surface area (Å²) in [5.41, 5.74) is 0.810. The summed E-state index contributed by atoms with van der Waals surface area (Å²) >= 11 is 0. The minimum absolute atomic E-state index is 0.131. The van der Waals surface area contributed by atoms with Gasteiger partial charge in [0.2, 0.25) is 0 Å². The van der Waals surface area contributed by atoms with Crippen molar-refractivity contribution in [3.8, 4) is 0 Å². The van der Waals surface area contributed by atoms with Crippen LogP contribution in [0.1, 0.15) is 43.6 Å². The fourth-order valence-corrected chi connectivity index (χ4v) is 2.54. The molecule has 0 unspecified atom stereocenters. The van der Waals surface area contributed by atoms with Gasteiger partial charge in [-0.3, -0.25) is 14.9 Å². The standard InChI is InChI=1S/C16H24N2O3/c1-10(2)14(11(3)4)9-17-16(19)13-8-12(5)6-7-15(13)18(20)21/h6-8,10-11,14H,9H2,1-5H3,(H,17,19). The average Bonchev–Trinajstić information content (AvgIpc) is 2.37. The van der Waals surface area contributed by atoms with Gasteiger partial charge in [0.25, 0.3) is 11.6 Å². The molecule has 5 nitrogen and oxygen atoms in total. The van der Waals surface area contributed by atoms with Crippen molar-refractivity contribution in [3.63, 3.8) is 0 Å². The largest absolute Gasteiger partial charge is 0.352 e.